The first-order valence-electron chi connectivity index (χ1n) is 11.8. The van der Waals surface area contributed by atoms with Crippen molar-refractivity contribution in [3.8, 4) is 0 Å². The van der Waals surface area contributed by atoms with Gasteiger partial charge in [-0.2, -0.15) is 0 Å². The Hall–Kier alpha value is -2.91. The van der Waals surface area contributed by atoms with Crippen molar-refractivity contribution in [1.29, 1.82) is 0 Å². The molecular weight excluding hydrogens is 427 g/mol. The lowest BCUT2D eigenvalue weighted by atomic mass is 9.50. The summed E-state index contributed by atoms with van der Waals surface area (Å²) in [6.07, 6.45) is 8.93. The van der Waals surface area contributed by atoms with Crippen LogP contribution in [0.2, 0.25) is 0 Å². The Bertz CT molecular complexity index is 1190. The van der Waals surface area contributed by atoms with Gasteiger partial charge in [0.05, 0.1) is 0 Å². The van der Waals surface area contributed by atoms with Crippen LogP contribution < -0.4 is 16.0 Å². The maximum Gasteiger partial charge on any atom is 0.255 e. The van der Waals surface area contributed by atoms with E-state index in [0.717, 1.165) is 47.9 Å². The van der Waals surface area contributed by atoms with Crippen molar-refractivity contribution in [3.63, 3.8) is 0 Å². The van der Waals surface area contributed by atoms with Gasteiger partial charge in [-0.05, 0) is 104 Å². The molecule has 5 nitrogen and oxygen atoms in total. The van der Waals surface area contributed by atoms with Crippen molar-refractivity contribution in [2.24, 2.45) is 5.92 Å². The molecule has 4 aliphatic carbocycles. The van der Waals surface area contributed by atoms with Crippen LogP contribution in [0, 0.1) is 5.92 Å². The number of carbonyl (C=O) groups is 1. The Labute approximate surface area is 197 Å². The highest BCUT2D eigenvalue weighted by atomic mass is 31.0. The molecule has 2 atom stereocenters. The number of pyridine rings is 1. The summed E-state index contributed by atoms with van der Waals surface area (Å²) in [6.45, 7) is 0. The van der Waals surface area contributed by atoms with Crippen LogP contribution in [0.1, 0.15) is 47.3 Å². The molecule has 0 spiro atoms. The molecule has 7 rings (SSSR count). The standard InChI is InChI=1S/C27H29N4OP/c32-26(30-20-2-1-3-21(12-20)31-27-14-17(15-27)16-27)18-4-6-19(7-5-18)29-25-10-11-28-24-9-8-22(33)13-23(24)25/h1-7,10-12,17,22,31H,8-9,13-16,33H2,(H,28,29)(H,30,32). The molecule has 6 heteroatoms. The molecule has 33 heavy (non-hydrogen) atoms. The summed E-state index contributed by atoms with van der Waals surface area (Å²) in [7, 11) is 2.95. The van der Waals surface area contributed by atoms with E-state index in [2.05, 4.69) is 36.2 Å². The van der Waals surface area contributed by atoms with Crippen LogP contribution in [0.15, 0.2) is 60.8 Å². The lowest BCUT2D eigenvalue weighted by Gasteiger charge is -2.62. The third-order valence-electron chi connectivity index (χ3n) is 7.36. The molecule has 1 aromatic heterocycles. The van der Waals surface area contributed by atoms with E-state index in [9.17, 15) is 4.79 Å². The van der Waals surface area contributed by atoms with E-state index in [1.165, 1.54) is 30.5 Å². The normalized spacial score (nSPS) is 24.6. The maximum absolute atomic E-state index is 12.8. The molecule has 168 valence electrons. The first kappa shape index (κ1) is 20.7. The molecular formula is C27H29N4OP. The van der Waals surface area contributed by atoms with Crippen LogP contribution >= 0.6 is 9.24 Å². The van der Waals surface area contributed by atoms with E-state index in [-0.39, 0.29) is 5.91 Å². The van der Waals surface area contributed by atoms with E-state index in [0.29, 0.717) is 16.8 Å². The Morgan fingerprint density at radius 2 is 1.79 bits per heavy atom. The summed E-state index contributed by atoms with van der Waals surface area (Å²) in [5.41, 5.74) is 8.03. The lowest BCUT2D eigenvalue weighted by molar-refractivity contribution is 0.00214. The number of anilines is 4. The number of rotatable bonds is 6. The number of benzene rings is 2. The average molecular weight is 457 g/mol. The van der Waals surface area contributed by atoms with Gasteiger partial charge < -0.3 is 16.0 Å². The van der Waals surface area contributed by atoms with Crippen LogP contribution in [0.5, 0.6) is 0 Å². The summed E-state index contributed by atoms with van der Waals surface area (Å²) < 4.78 is 0. The molecule has 1 amide bonds. The van der Waals surface area contributed by atoms with Crippen molar-refractivity contribution < 1.29 is 4.79 Å². The molecule has 3 aromatic rings. The minimum absolute atomic E-state index is 0.101. The topological polar surface area (TPSA) is 66.1 Å². The van der Waals surface area contributed by atoms with Gasteiger partial charge in [-0.25, -0.2) is 0 Å². The molecule has 3 saturated carbocycles. The molecule has 4 aliphatic rings. The smallest absolute Gasteiger partial charge is 0.255 e. The minimum Gasteiger partial charge on any atom is -0.380 e. The molecule has 2 bridgehead atoms. The van der Waals surface area contributed by atoms with Gasteiger partial charge in [-0.15, -0.1) is 9.24 Å². The molecule has 3 N–H and O–H groups in total. The number of carbonyl (C=O) groups excluding carboxylic acids is 1. The summed E-state index contributed by atoms with van der Waals surface area (Å²) in [6, 6.07) is 17.7. The molecule has 0 aliphatic heterocycles. The fourth-order valence-electron chi connectivity index (χ4n) is 5.46. The van der Waals surface area contributed by atoms with E-state index >= 15 is 0 Å². The molecule has 0 radical (unpaired) electrons. The Kier molecular flexibility index (Phi) is 5.10. The number of hydrogen-bond acceptors (Lipinski definition) is 4. The zero-order valence-corrected chi connectivity index (χ0v) is 19.8. The van der Waals surface area contributed by atoms with Crippen LogP contribution in [-0.2, 0) is 12.8 Å². The highest BCUT2D eigenvalue weighted by Crippen LogP contribution is 2.58. The largest absolute Gasteiger partial charge is 0.380 e. The summed E-state index contributed by atoms with van der Waals surface area (Å²) >= 11 is 0. The predicted octanol–water partition coefficient (Wildman–Crippen LogP) is 5.77. The Morgan fingerprint density at radius 1 is 1.00 bits per heavy atom. The third-order valence-corrected chi connectivity index (χ3v) is 7.93. The van der Waals surface area contributed by atoms with Gasteiger partial charge in [-0.1, -0.05) is 6.07 Å². The van der Waals surface area contributed by atoms with Gasteiger partial charge in [0.25, 0.3) is 5.91 Å². The fourth-order valence-corrected chi connectivity index (χ4v) is 5.86. The SMILES string of the molecule is O=C(Nc1cccc(NC23CC(C2)C3)c1)c1ccc(Nc2ccnc3c2CC(P)CC3)cc1. The number of hydrogen-bond donors (Lipinski definition) is 3. The number of amides is 1. The first-order valence-corrected chi connectivity index (χ1v) is 12.5. The number of nitrogens with one attached hydrogen (secondary N) is 3. The molecule has 2 aromatic carbocycles. The van der Waals surface area contributed by atoms with E-state index in [1.54, 1.807) is 0 Å². The summed E-state index contributed by atoms with van der Waals surface area (Å²) in [5.74, 6) is 0.834. The van der Waals surface area contributed by atoms with Gasteiger partial charge >= 0.3 is 0 Å². The maximum atomic E-state index is 12.8. The zero-order valence-electron chi connectivity index (χ0n) is 18.6. The van der Waals surface area contributed by atoms with Crippen molar-refractivity contribution in [2.45, 2.75) is 49.7 Å². The molecule has 1 heterocycles. The van der Waals surface area contributed by atoms with Crippen LogP contribution in [0.4, 0.5) is 22.7 Å². The summed E-state index contributed by atoms with van der Waals surface area (Å²) in [4.78, 5) is 17.4. The van der Waals surface area contributed by atoms with Crippen LogP contribution in [-0.4, -0.2) is 22.1 Å². The fraction of sp³-hybridized carbons (Fsp3) is 0.333. The van der Waals surface area contributed by atoms with Gasteiger partial charge in [-0.3, -0.25) is 9.78 Å². The van der Waals surface area contributed by atoms with Crippen molar-refractivity contribution >= 4 is 37.9 Å². The van der Waals surface area contributed by atoms with E-state index in [4.69, 9.17) is 0 Å². The lowest BCUT2D eigenvalue weighted by Crippen LogP contribution is -2.63. The monoisotopic (exact) mass is 456 g/mol. The number of nitrogens with zero attached hydrogens (tertiary/aromatic N) is 1. The highest BCUT2D eigenvalue weighted by Gasteiger charge is 2.56. The van der Waals surface area contributed by atoms with Crippen molar-refractivity contribution in [3.05, 3.63) is 77.6 Å². The zero-order chi connectivity index (χ0) is 22.4. The van der Waals surface area contributed by atoms with Gasteiger partial charge in [0.2, 0.25) is 0 Å². The third kappa shape index (κ3) is 4.11. The molecule has 2 unspecified atom stereocenters. The number of aromatic nitrogens is 1. The molecule has 0 saturated heterocycles. The van der Waals surface area contributed by atoms with Crippen molar-refractivity contribution in [1.82, 2.24) is 4.98 Å². The van der Waals surface area contributed by atoms with Crippen LogP contribution in [0.3, 0.4) is 0 Å². The number of fused-ring (bicyclic) bond motifs is 1. The van der Waals surface area contributed by atoms with Crippen molar-refractivity contribution in [2.75, 3.05) is 16.0 Å². The van der Waals surface area contributed by atoms with Crippen LogP contribution in [0.25, 0.3) is 0 Å². The quantitative estimate of drug-likeness (QED) is 0.412. The van der Waals surface area contributed by atoms with Gasteiger partial charge in [0.1, 0.15) is 0 Å². The second-order valence-corrected chi connectivity index (χ2v) is 10.9. The molecule has 3 fully saturated rings. The average Bonchev–Trinajstić information content (AvgIpc) is 2.77. The first-order chi connectivity index (χ1) is 16.1. The van der Waals surface area contributed by atoms with E-state index in [1.807, 2.05) is 54.7 Å². The highest BCUT2D eigenvalue weighted by molar-refractivity contribution is 7.17. The van der Waals surface area contributed by atoms with Gasteiger partial charge in [0.15, 0.2) is 0 Å². The van der Waals surface area contributed by atoms with E-state index < -0.39 is 0 Å². The second kappa shape index (κ2) is 8.14. The summed E-state index contributed by atoms with van der Waals surface area (Å²) in [5, 5.41) is 10.2. The van der Waals surface area contributed by atoms with Gasteiger partial charge in [0, 0.05) is 45.7 Å². The minimum atomic E-state index is -0.101. The Balaban J connectivity index is 1.12. The second-order valence-electron chi connectivity index (χ2n) is 9.91. The number of aryl methyl sites for hydroxylation is 1. The Morgan fingerprint density at radius 3 is 2.55 bits per heavy atom. The predicted molar refractivity (Wildman–Crippen MR) is 138 cm³/mol.